The molecule has 5 nitrogen and oxygen atoms in total. The third kappa shape index (κ3) is 3.52. The van der Waals surface area contributed by atoms with Crippen LogP contribution in [0.1, 0.15) is 17.7 Å². The monoisotopic (exact) mass is 289 g/mol. The lowest BCUT2D eigenvalue weighted by Gasteiger charge is -2.14. The zero-order valence-electron chi connectivity index (χ0n) is 10.3. The molecule has 0 aromatic carbocycles. The molecule has 1 aliphatic rings. The third-order valence-corrected chi connectivity index (χ3v) is 5.61. The fraction of sp³-hybridized carbons (Fsp3) is 0.636. The van der Waals surface area contributed by atoms with Crippen LogP contribution in [0.4, 0.5) is 0 Å². The van der Waals surface area contributed by atoms with Crippen molar-refractivity contribution in [3.63, 3.8) is 0 Å². The molecule has 1 fully saturated rings. The zero-order chi connectivity index (χ0) is 13.0. The minimum atomic E-state index is -3.36. The summed E-state index contributed by atoms with van der Waals surface area (Å²) in [7, 11) is -3.36. The summed E-state index contributed by atoms with van der Waals surface area (Å²) in [6.45, 7) is 3.80. The summed E-state index contributed by atoms with van der Waals surface area (Å²) in [5.74, 6) is 0. The van der Waals surface area contributed by atoms with E-state index in [2.05, 4.69) is 9.62 Å². The summed E-state index contributed by atoms with van der Waals surface area (Å²) >= 11 is 1.38. The van der Waals surface area contributed by atoms with Gasteiger partial charge in [-0.15, -0.1) is 11.3 Å². The van der Waals surface area contributed by atoms with E-state index in [1.54, 1.807) is 11.4 Å². The van der Waals surface area contributed by atoms with E-state index in [0.29, 0.717) is 18.0 Å². The highest BCUT2D eigenvalue weighted by atomic mass is 32.2. The average molecular weight is 289 g/mol. The summed E-state index contributed by atoms with van der Waals surface area (Å²) in [6.07, 6.45) is 2.44. The fourth-order valence-corrected chi connectivity index (χ4v) is 4.21. The Morgan fingerprint density at radius 3 is 2.72 bits per heavy atom. The lowest BCUT2D eigenvalue weighted by Crippen LogP contribution is -2.33. The molecule has 0 radical (unpaired) electrons. The van der Waals surface area contributed by atoms with E-state index in [-0.39, 0.29) is 0 Å². The maximum Gasteiger partial charge on any atom is 0.241 e. The molecule has 2 heterocycles. The van der Waals surface area contributed by atoms with Crippen LogP contribution in [0.5, 0.6) is 0 Å². The van der Waals surface area contributed by atoms with Crippen LogP contribution in [-0.4, -0.2) is 39.5 Å². The topological polar surface area (TPSA) is 75.4 Å². The summed E-state index contributed by atoms with van der Waals surface area (Å²) in [4.78, 5) is 3.49. The molecule has 1 aliphatic heterocycles. The van der Waals surface area contributed by atoms with Crippen molar-refractivity contribution in [1.82, 2.24) is 9.62 Å². The van der Waals surface area contributed by atoms with E-state index in [1.165, 1.54) is 24.2 Å². The predicted octanol–water partition coefficient (Wildman–Crippen LogP) is 0.581. The molecule has 3 N–H and O–H groups in total. The van der Waals surface area contributed by atoms with Crippen molar-refractivity contribution in [1.29, 1.82) is 0 Å². The van der Waals surface area contributed by atoms with Crippen molar-refractivity contribution >= 4 is 21.4 Å². The Hall–Kier alpha value is -0.470. The molecule has 7 heteroatoms. The van der Waals surface area contributed by atoms with Crippen LogP contribution in [0.25, 0.3) is 0 Å². The standard InChI is InChI=1S/C11H19N3O2S2/c12-8-10-7-11(9-17-10)18(15,16)13-3-6-14-4-1-2-5-14/h7,9,13H,1-6,8,12H2. The van der Waals surface area contributed by atoms with Crippen molar-refractivity contribution in [2.45, 2.75) is 24.3 Å². The smallest absolute Gasteiger partial charge is 0.241 e. The van der Waals surface area contributed by atoms with Crippen molar-refractivity contribution in [3.8, 4) is 0 Å². The van der Waals surface area contributed by atoms with Crippen molar-refractivity contribution in [2.75, 3.05) is 26.2 Å². The van der Waals surface area contributed by atoms with E-state index in [9.17, 15) is 8.42 Å². The van der Waals surface area contributed by atoms with E-state index >= 15 is 0 Å². The number of sulfonamides is 1. The van der Waals surface area contributed by atoms with Gasteiger partial charge in [0.25, 0.3) is 0 Å². The maximum absolute atomic E-state index is 12.0. The predicted molar refractivity (Wildman–Crippen MR) is 73.1 cm³/mol. The van der Waals surface area contributed by atoms with E-state index < -0.39 is 10.0 Å². The average Bonchev–Trinajstić information content (AvgIpc) is 2.99. The van der Waals surface area contributed by atoms with Crippen LogP contribution in [-0.2, 0) is 16.6 Å². The van der Waals surface area contributed by atoms with Crippen LogP contribution < -0.4 is 10.5 Å². The fourth-order valence-electron chi connectivity index (χ4n) is 2.04. The highest BCUT2D eigenvalue weighted by Crippen LogP contribution is 2.18. The van der Waals surface area contributed by atoms with Gasteiger partial charge in [-0.3, -0.25) is 0 Å². The van der Waals surface area contributed by atoms with E-state index in [0.717, 1.165) is 24.5 Å². The first kappa shape index (κ1) is 14.0. The first-order chi connectivity index (χ1) is 8.62. The molecule has 1 aromatic heterocycles. The van der Waals surface area contributed by atoms with Crippen LogP contribution in [0.15, 0.2) is 16.3 Å². The third-order valence-electron chi connectivity index (χ3n) is 3.06. The van der Waals surface area contributed by atoms with Gasteiger partial charge in [0.15, 0.2) is 0 Å². The second kappa shape index (κ2) is 6.12. The number of rotatable bonds is 6. The maximum atomic E-state index is 12.0. The molecule has 1 saturated heterocycles. The van der Waals surface area contributed by atoms with Gasteiger partial charge in [-0.05, 0) is 32.0 Å². The summed E-state index contributed by atoms with van der Waals surface area (Å²) < 4.78 is 26.6. The van der Waals surface area contributed by atoms with Gasteiger partial charge in [0.1, 0.15) is 0 Å². The van der Waals surface area contributed by atoms with Gasteiger partial charge < -0.3 is 10.6 Å². The first-order valence-electron chi connectivity index (χ1n) is 6.11. The van der Waals surface area contributed by atoms with E-state index in [1.807, 2.05) is 0 Å². The normalized spacial score (nSPS) is 17.4. The molecule has 2 rings (SSSR count). The largest absolute Gasteiger partial charge is 0.326 e. The number of likely N-dealkylation sites (tertiary alicyclic amines) is 1. The lowest BCUT2D eigenvalue weighted by atomic mass is 10.4. The highest BCUT2D eigenvalue weighted by Gasteiger charge is 2.17. The van der Waals surface area contributed by atoms with Crippen molar-refractivity contribution in [2.24, 2.45) is 5.73 Å². The Bertz CT molecular complexity index is 478. The molecule has 0 amide bonds. The Labute approximate surface area is 112 Å². The minimum absolute atomic E-state index is 0.328. The van der Waals surface area contributed by atoms with Crippen LogP contribution >= 0.6 is 11.3 Å². The molecule has 0 aliphatic carbocycles. The van der Waals surface area contributed by atoms with Crippen molar-refractivity contribution in [3.05, 3.63) is 16.3 Å². The molecule has 0 bridgehead atoms. The Balaban J connectivity index is 1.86. The van der Waals surface area contributed by atoms with Crippen LogP contribution in [0.2, 0.25) is 0 Å². The van der Waals surface area contributed by atoms with Gasteiger partial charge in [-0.2, -0.15) is 0 Å². The van der Waals surface area contributed by atoms with Crippen LogP contribution in [0, 0.1) is 0 Å². The molecule has 1 aromatic rings. The number of hydrogen-bond acceptors (Lipinski definition) is 5. The minimum Gasteiger partial charge on any atom is -0.326 e. The number of nitrogens with two attached hydrogens (primary N) is 1. The number of hydrogen-bond donors (Lipinski definition) is 2. The lowest BCUT2D eigenvalue weighted by molar-refractivity contribution is 0.344. The van der Waals surface area contributed by atoms with Gasteiger partial charge in [0.2, 0.25) is 10.0 Å². The second-order valence-corrected chi connectivity index (χ2v) is 7.16. The van der Waals surface area contributed by atoms with Gasteiger partial charge in [0.05, 0.1) is 4.90 Å². The Morgan fingerprint density at radius 2 is 2.11 bits per heavy atom. The van der Waals surface area contributed by atoms with Crippen LogP contribution in [0.3, 0.4) is 0 Å². The van der Waals surface area contributed by atoms with Crippen molar-refractivity contribution < 1.29 is 8.42 Å². The Morgan fingerprint density at radius 1 is 1.39 bits per heavy atom. The van der Waals surface area contributed by atoms with Gasteiger partial charge in [-0.1, -0.05) is 0 Å². The molecular formula is C11H19N3O2S2. The molecule has 0 saturated carbocycles. The SMILES string of the molecule is NCc1cc(S(=O)(=O)NCCN2CCCC2)cs1. The molecule has 0 unspecified atom stereocenters. The van der Waals surface area contributed by atoms with E-state index in [4.69, 9.17) is 5.73 Å². The summed E-state index contributed by atoms with van der Waals surface area (Å²) in [5, 5.41) is 1.64. The molecular weight excluding hydrogens is 270 g/mol. The van der Waals surface area contributed by atoms with Gasteiger partial charge in [-0.25, -0.2) is 13.1 Å². The number of nitrogens with one attached hydrogen (secondary N) is 1. The zero-order valence-corrected chi connectivity index (χ0v) is 11.9. The molecule has 0 spiro atoms. The second-order valence-electron chi connectivity index (χ2n) is 4.40. The first-order valence-corrected chi connectivity index (χ1v) is 8.47. The summed E-state index contributed by atoms with van der Waals surface area (Å²) in [6, 6.07) is 1.64. The molecule has 0 atom stereocenters. The number of thiophene rings is 1. The van der Waals surface area contributed by atoms with Gasteiger partial charge in [0, 0.05) is 29.9 Å². The summed E-state index contributed by atoms with van der Waals surface area (Å²) in [5.41, 5.74) is 5.48. The highest BCUT2D eigenvalue weighted by molar-refractivity contribution is 7.89. The number of nitrogens with zero attached hydrogens (tertiary/aromatic N) is 1. The van der Waals surface area contributed by atoms with Gasteiger partial charge >= 0.3 is 0 Å². The molecule has 102 valence electrons. The molecule has 18 heavy (non-hydrogen) atoms. The Kier molecular flexibility index (Phi) is 4.74. The quantitative estimate of drug-likeness (QED) is 0.803.